The fraction of sp³-hybridized carbons (Fsp3) is 0.419. The number of aliphatic imine (C=N–C) groups is 1. The van der Waals surface area contributed by atoms with E-state index in [0.29, 0.717) is 17.2 Å². The van der Waals surface area contributed by atoms with Crippen LogP contribution in [0.2, 0.25) is 0 Å². The van der Waals surface area contributed by atoms with Crippen LogP contribution in [0.5, 0.6) is 11.6 Å². The van der Waals surface area contributed by atoms with Gasteiger partial charge in [-0.2, -0.15) is 4.55 Å². The molecule has 216 valence electrons. The topological polar surface area (TPSA) is 101 Å². The minimum Gasteiger partial charge on any atom is -0.438 e. The van der Waals surface area contributed by atoms with Gasteiger partial charge in [0.2, 0.25) is 11.8 Å². The summed E-state index contributed by atoms with van der Waals surface area (Å²) in [5.74, 6) is 0.732. The summed E-state index contributed by atoms with van der Waals surface area (Å²) in [6.45, 7) is 11.1. The predicted molar refractivity (Wildman–Crippen MR) is 161 cm³/mol. The number of ketones is 1. The molecule has 0 radical (unpaired) electrons. The summed E-state index contributed by atoms with van der Waals surface area (Å²) in [4.78, 5) is 31.9. The van der Waals surface area contributed by atoms with Gasteiger partial charge in [0.1, 0.15) is 17.8 Å². The van der Waals surface area contributed by atoms with Crippen LogP contribution in [0.25, 0.3) is 0 Å². The third-order valence-electron chi connectivity index (χ3n) is 6.70. The number of benzene rings is 1. The van der Waals surface area contributed by atoms with Crippen molar-refractivity contribution in [1.82, 2.24) is 10.3 Å². The van der Waals surface area contributed by atoms with E-state index in [2.05, 4.69) is 35.5 Å². The van der Waals surface area contributed by atoms with Gasteiger partial charge >= 0.3 is 0 Å². The lowest BCUT2D eigenvalue weighted by atomic mass is 9.79. The van der Waals surface area contributed by atoms with Crippen molar-refractivity contribution < 1.29 is 23.3 Å². The maximum atomic E-state index is 13.1. The Hall–Kier alpha value is -3.30. The van der Waals surface area contributed by atoms with Crippen molar-refractivity contribution >= 4 is 29.6 Å². The molecule has 3 rings (SSSR count). The number of unbranched alkanes of at least 4 members (excludes halogenated alkanes) is 1. The van der Waals surface area contributed by atoms with Crippen LogP contribution in [0.3, 0.4) is 0 Å². The van der Waals surface area contributed by atoms with Crippen LogP contribution in [0, 0.1) is 17.7 Å². The summed E-state index contributed by atoms with van der Waals surface area (Å²) >= 11 is -0.892. The SMILES string of the molecule is C=C/C=C(/CNC(=O)C1CCC(CCCC)CC1)N=C.CC(=O)c1cc(F)cnc1Oc1cccc([S+](C)O)c1. The van der Waals surface area contributed by atoms with Crippen LogP contribution in [-0.2, 0) is 16.0 Å². The van der Waals surface area contributed by atoms with E-state index < -0.39 is 17.0 Å². The second kappa shape index (κ2) is 17.4. The number of amides is 1. The summed E-state index contributed by atoms with van der Waals surface area (Å²) in [7, 11) is 0. The van der Waals surface area contributed by atoms with Crippen LogP contribution < -0.4 is 10.1 Å². The maximum Gasteiger partial charge on any atom is 0.230 e. The largest absolute Gasteiger partial charge is 0.438 e. The Bertz CT molecular complexity index is 1180. The molecule has 1 saturated carbocycles. The molecule has 1 aromatic heterocycles. The minimum absolute atomic E-state index is 0.0463. The van der Waals surface area contributed by atoms with Crippen molar-refractivity contribution in [3.05, 3.63) is 72.3 Å². The average molecular weight is 571 g/mol. The van der Waals surface area contributed by atoms with Crippen molar-refractivity contribution in [3.63, 3.8) is 0 Å². The number of ether oxygens (including phenoxy) is 1. The number of nitrogens with one attached hydrogen (secondary N) is 1. The fourth-order valence-corrected chi connectivity index (χ4v) is 4.99. The molecule has 0 saturated heterocycles. The molecule has 1 aromatic carbocycles. The van der Waals surface area contributed by atoms with E-state index in [1.54, 1.807) is 42.7 Å². The fourth-order valence-electron chi connectivity index (χ4n) is 4.43. The predicted octanol–water partition coefficient (Wildman–Crippen LogP) is 7.17. The monoisotopic (exact) mass is 570 g/mol. The molecule has 1 heterocycles. The van der Waals surface area contributed by atoms with Crippen molar-refractivity contribution in [2.45, 2.75) is 63.7 Å². The second-order valence-corrected chi connectivity index (χ2v) is 11.2. The first-order chi connectivity index (χ1) is 19.2. The third kappa shape index (κ3) is 11.1. The lowest BCUT2D eigenvalue weighted by Gasteiger charge is -2.27. The normalized spacial score (nSPS) is 17.6. The van der Waals surface area contributed by atoms with Crippen molar-refractivity contribution in [1.29, 1.82) is 0 Å². The molecule has 1 amide bonds. The zero-order valence-electron chi connectivity index (χ0n) is 23.7. The molecule has 40 heavy (non-hydrogen) atoms. The van der Waals surface area contributed by atoms with E-state index in [0.717, 1.165) is 36.7 Å². The van der Waals surface area contributed by atoms with Gasteiger partial charge in [0, 0.05) is 12.0 Å². The van der Waals surface area contributed by atoms with Crippen LogP contribution in [-0.4, -0.2) is 40.7 Å². The third-order valence-corrected chi connectivity index (χ3v) is 7.63. The Morgan fingerprint density at radius 3 is 2.60 bits per heavy atom. The number of Topliss-reactive ketones (excluding diaryl/α,β-unsaturated/α-hetero) is 1. The minimum atomic E-state index is -0.892. The molecular formula is C31H41FN3O4S+. The van der Waals surface area contributed by atoms with Gasteiger partial charge in [0.15, 0.2) is 21.9 Å². The summed E-state index contributed by atoms with van der Waals surface area (Å²) < 4.78 is 28.2. The number of carbonyl (C=O) groups is 2. The van der Waals surface area contributed by atoms with E-state index in [-0.39, 0.29) is 29.1 Å². The highest BCUT2D eigenvalue weighted by molar-refractivity contribution is 7.90. The van der Waals surface area contributed by atoms with E-state index in [9.17, 15) is 18.5 Å². The van der Waals surface area contributed by atoms with Crippen molar-refractivity contribution in [2.24, 2.45) is 16.8 Å². The van der Waals surface area contributed by atoms with Crippen molar-refractivity contribution in [3.8, 4) is 11.6 Å². The van der Waals surface area contributed by atoms with Gasteiger partial charge in [-0.1, -0.05) is 44.9 Å². The van der Waals surface area contributed by atoms with Gasteiger partial charge in [0.05, 0.1) is 24.0 Å². The molecule has 0 bridgehead atoms. The van der Waals surface area contributed by atoms with Gasteiger partial charge in [-0.15, -0.1) is 0 Å². The summed E-state index contributed by atoms with van der Waals surface area (Å²) in [6.07, 6.45) is 14.5. The first kappa shape index (κ1) is 32.9. The van der Waals surface area contributed by atoms with Crippen molar-refractivity contribution in [2.75, 3.05) is 12.8 Å². The first-order valence-corrected chi connectivity index (χ1v) is 15.1. The number of aromatic nitrogens is 1. The number of hydrogen-bond donors (Lipinski definition) is 2. The Morgan fingerprint density at radius 2 is 2.00 bits per heavy atom. The molecule has 1 atom stereocenters. The van der Waals surface area contributed by atoms with Crippen LogP contribution in [0.4, 0.5) is 4.39 Å². The molecule has 1 fully saturated rings. The molecule has 1 aliphatic rings. The number of halogens is 1. The van der Waals surface area contributed by atoms with Crippen LogP contribution in [0.15, 0.2) is 70.8 Å². The van der Waals surface area contributed by atoms with Gasteiger partial charge in [-0.25, -0.2) is 9.37 Å². The summed E-state index contributed by atoms with van der Waals surface area (Å²) in [5, 5.41) is 2.96. The maximum absolute atomic E-state index is 13.1. The average Bonchev–Trinajstić information content (AvgIpc) is 2.95. The Labute approximate surface area is 240 Å². The zero-order valence-corrected chi connectivity index (χ0v) is 24.5. The Kier molecular flexibility index (Phi) is 14.3. The van der Waals surface area contributed by atoms with E-state index in [1.165, 1.54) is 39.0 Å². The zero-order chi connectivity index (χ0) is 29.5. The Morgan fingerprint density at radius 1 is 1.27 bits per heavy atom. The quantitative estimate of drug-likeness (QED) is 0.122. The Balaban J connectivity index is 0.000000280. The van der Waals surface area contributed by atoms with E-state index >= 15 is 0 Å². The number of hydrogen-bond acceptors (Lipinski definition) is 6. The highest BCUT2D eigenvalue weighted by Gasteiger charge is 2.25. The van der Waals surface area contributed by atoms with Crippen LogP contribution >= 0.6 is 0 Å². The smallest absolute Gasteiger partial charge is 0.230 e. The standard InChI is InChI=1S/C17H28N2O.C14H13FNO3S/c1-4-6-8-14-9-11-15(12-10-14)17(20)19-13-16(18-3)7-5-2;1-9(17)13-6-10(15)8-16-14(13)19-11-4-3-5-12(7-11)20(2)18/h5,7,14-15H,2-4,6,8-13H2,1H3,(H,19,20);3-8,18H,1-2H3/q;+1/b16-7-;. The second-order valence-electron chi connectivity index (χ2n) is 9.75. The van der Waals surface area contributed by atoms with E-state index in [4.69, 9.17) is 4.74 Å². The molecule has 1 aliphatic carbocycles. The molecule has 2 N–H and O–H groups in total. The number of rotatable bonds is 12. The molecule has 1 unspecified atom stereocenters. The van der Waals surface area contributed by atoms with Gasteiger partial charge in [0.25, 0.3) is 0 Å². The first-order valence-electron chi connectivity index (χ1n) is 13.5. The lowest BCUT2D eigenvalue weighted by Crippen LogP contribution is -2.34. The number of pyridine rings is 1. The number of allylic oxidation sites excluding steroid dienone is 2. The number of nitrogens with zero attached hydrogens (tertiary/aromatic N) is 2. The molecule has 9 heteroatoms. The summed E-state index contributed by atoms with van der Waals surface area (Å²) in [6, 6.07) is 7.90. The highest BCUT2D eigenvalue weighted by Crippen LogP contribution is 2.32. The van der Waals surface area contributed by atoms with Gasteiger partial charge in [-0.3, -0.25) is 14.6 Å². The highest BCUT2D eigenvalue weighted by atomic mass is 32.2. The molecule has 7 nitrogen and oxygen atoms in total. The lowest BCUT2D eigenvalue weighted by molar-refractivity contribution is -0.126. The molecular weight excluding hydrogens is 529 g/mol. The summed E-state index contributed by atoms with van der Waals surface area (Å²) in [5.41, 5.74) is 0.833. The molecule has 0 aliphatic heterocycles. The molecule has 0 spiro atoms. The van der Waals surface area contributed by atoms with Crippen LogP contribution in [0.1, 0.15) is 69.2 Å². The van der Waals surface area contributed by atoms with Gasteiger partial charge < -0.3 is 10.1 Å². The molecule has 2 aromatic rings. The van der Waals surface area contributed by atoms with E-state index in [1.807, 2.05) is 0 Å². The number of carbonyl (C=O) groups excluding carboxylic acids is 2. The van der Waals surface area contributed by atoms with Gasteiger partial charge in [-0.05, 0) is 69.5 Å².